The van der Waals surface area contributed by atoms with Gasteiger partial charge in [0.15, 0.2) is 12.4 Å². The molecule has 1 heterocycles. The molecule has 0 unspecified atom stereocenters. The van der Waals surface area contributed by atoms with Crippen LogP contribution in [0.2, 0.25) is 0 Å². The first-order valence-corrected chi connectivity index (χ1v) is 9.39. The number of ketones is 1. The van der Waals surface area contributed by atoms with Gasteiger partial charge in [-0.15, -0.1) is 0 Å². The quantitative estimate of drug-likeness (QED) is 0.510. The van der Waals surface area contributed by atoms with Crippen molar-refractivity contribution >= 4 is 23.6 Å². The van der Waals surface area contributed by atoms with E-state index in [0.717, 1.165) is 4.90 Å². The number of benzene rings is 2. The third-order valence-corrected chi connectivity index (χ3v) is 4.86. The third kappa shape index (κ3) is 4.36. The molecule has 2 amide bonds. The largest absolute Gasteiger partial charge is 0.456 e. The zero-order chi connectivity index (χ0) is 22.5. The maximum atomic E-state index is 12.9. The summed E-state index contributed by atoms with van der Waals surface area (Å²) < 4.78 is 5.10. The number of Topliss-reactive ketones (excluding diaryl/α,β-unsaturated/α-hetero) is 1. The SMILES string of the molecule is C=C(N)[C@H](C#N)C(=O)COC(=O)[C@@H](Cc1ccccc1)N1C(=O)c2ccccc2C1=O. The lowest BCUT2D eigenvalue weighted by Crippen LogP contribution is -2.47. The van der Waals surface area contributed by atoms with E-state index in [4.69, 9.17) is 15.7 Å². The number of nitrogens with two attached hydrogens (primary N) is 1. The number of carbonyl (C=O) groups is 4. The molecule has 2 atom stereocenters. The second-order valence-corrected chi connectivity index (χ2v) is 6.94. The molecule has 0 radical (unpaired) electrons. The Kier molecular flexibility index (Phi) is 6.26. The second kappa shape index (κ2) is 9.05. The van der Waals surface area contributed by atoms with Gasteiger partial charge in [0.05, 0.1) is 17.2 Å². The van der Waals surface area contributed by atoms with Crippen molar-refractivity contribution < 1.29 is 23.9 Å². The molecule has 0 bridgehead atoms. The molecular weight excluding hydrogens is 398 g/mol. The Balaban J connectivity index is 1.86. The van der Waals surface area contributed by atoms with Gasteiger partial charge in [-0.1, -0.05) is 49.0 Å². The van der Waals surface area contributed by atoms with E-state index in [1.165, 1.54) is 12.1 Å². The number of esters is 1. The lowest BCUT2D eigenvalue weighted by atomic mass is 10.0. The van der Waals surface area contributed by atoms with Gasteiger partial charge in [-0.25, -0.2) is 4.79 Å². The molecule has 2 aromatic rings. The molecule has 31 heavy (non-hydrogen) atoms. The maximum Gasteiger partial charge on any atom is 0.330 e. The Morgan fingerprint density at radius 1 is 1.03 bits per heavy atom. The lowest BCUT2D eigenvalue weighted by Gasteiger charge is -2.24. The Morgan fingerprint density at radius 3 is 2.10 bits per heavy atom. The van der Waals surface area contributed by atoms with Crippen molar-refractivity contribution in [3.63, 3.8) is 0 Å². The third-order valence-electron chi connectivity index (χ3n) is 4.86. The summed E-state index contributed by atoms with van der Waals surface area (Å²) >= 11 is 0. The number of rotatable bonds is 8. The van der Waals surface area contributed by atoms with E-state index < -0.39 is 42.1 Å². The van der Waals surface area contributed by atoms with Crippen LogP contribution < -0.4 is 5.73 Å². The molecule has 0 aromatic heterocycles. The van der Waals surface area contributed by atoms with Gasteiger partial charge in [0.2, 0.25) is 0 Å². The number of hydrogen-bond donors (Lipinski definition) is 1. The van der Waals surface area contributed by atoms with Gasteiger partial charge >= 0.3 is 5.97 Å². The predicted molar refractivity (Wildman–Crippen MR) is 109 cm³/mol. The van der Waals surface area contributed by atoms with E-state index in [1.807, 2.05) is 0 Å². The molecule has 1 aliphatic heterocycles. The standard InChI is InChI=1S/C23H19N3O5/c1-14(25)18(12-24)20(27)13-31-23(30)19(11-15-7-3-2-4-8-15)26-21(28)16-9-5-6-10-17(16)22(26)29/h2-10,18-19H,1,11,13,25H2/t18-,19+/m0/s1. The van der Waals surface area contributed by atoms with Crippen LogP contribution in [0.5, 0.6) is 0 Å². The minimum atomic E-state index is -1.32. The van der Waals surface area contributed by atoms with Crippen molar-refractivity contribution in [2.45, 2.75) is 12.5 Å². The van der Waals surface area contributed by atoms with E-state index >= 15 is 0 Å². The Hall–Kier alpha value is -4.25. The van der Waals surface area contributed by atoms with Crippen molar-refractivity contribution in [3.8, 4) is 6.07 Å². The van der Waals surface area contributed by atoms with Crippen molar-refractivity contribution in [2.75, 3.05) is 6.61 Å². The average Bonchev–Trinajstić information content (AvgIpc) is 3.02. The normalized spacial score (nSPS) is 14.4. The van der Waals surface area contributed by atoms with Crippen LogP contribution in [0.25, 0.3) is 0 Å². The first-order chi connectivity index (χ1) is 14.8. The first kappa shape index (κ1) is 21.5. The summed E-state index contributed by atoms with van der Waals surface area (Å²) in [6, 6.07) is 15.5. The van der Waals surface area contributed by atoms with Gasteiger partial charge in [-0.05, 0) is 17.7 Å². The summed E-state index contributed by atoms with van der Waals surface area (Å²) in [6.07, 6.45) is 0.00457. The molecule has 0 aliphatic carbocycles. The van der Waals surface area contributed by atoms with Crippen molar-refractivity contribution in [1.29, 1.82) is 5.26 Å². The van der Waals surface area contributed by atoms with Crippen LogP contribution in [-0.4, -0.2) is 41.1 Å². The number of ether oxygens (including phenoxy) is 1. The molecule has 3 rings (SSSR count). The highest BCUT2D eigenvalue weighted by Gasteiger charge is 2.43. The molecule has 8 nitrogen and oxygen atoms in total. The monoisotopic (exact) mass is 417 g/mol. The van der Waals surface area contributed by atoms with Gasteiger partial charge in [0, 0.05) is 12.1 Å². The molecule has 0 saturated heterocycles. The van der Waals surface area contributed by atoms with Crippen LogP contribution in [0.15, 0.2) is 66.9 Å². The number of allylic oxidation sites excluding steroid dienone is 1. The fourth-order valence-corrected chi connectivity index (χ4v) is 3.29. The lowest BCUT2D eigenvalue weighted by molar-refractivity contribution is -0.152. The van der Waals surface area contributed by atoms with Crippen LogP contribution in [0.4, 0.5) is 0 Å². The highest BCUT2D eigenvalue weighted by molar-refractivity contribution is 6.22. The number of imide groups is 1. The van der Waals surface area contributed by atoms with E-state index in [2.05, 4.69) is 6.58 Å². The molecule has 1 aliphatic rings. The number of hydrogen-bond acceptors (Lipinski definition) is 7. The second-order valence-electron chi connectivity index (χ2n) is 6.94. The van der Waals surface area contributed by atoms with Gasteiger partial charge in [-0.3, -0.25) is 19.3 Å². The van der Waals surface area contributed by atoms with Crippen molar-refractivity contribution in [3.05, 3.63) is 83.6 Å². The van der Waals surface area contributed by atoms with Crippen molar-refractivity contribution in [2.24, 2.45) is 11.7 Å². The molecular formula is C23H19N3O5. The van der Waals surface area contributed by atoms with E-state index in [0.29, 0.717) is 5.56 Å². The summed E-state index contributed by atoms with van der Waals surface area (Å²) in [5, 5.41) is 9.03. The molecule has 0 spiro atoms. The summed E-state index contributed by atoms with van der Waals surface area (Å²) in [7, 11) is 0. The minimum absolute atomic E-state index is 0.00457. The Morgan fingerprint density at radius 2 is 1.58 bits per heavy atom. The highest BCUT2D eigenvalue weighted by atomic mass is 16.5. The molecule has 2 N–H and O–H groups in total. The summed E-state index contributed by atoms with van der Waals surface area (Å²) in [5.41, 5.74) is 6.34. The van der Waals surface area contributed by atoms with Crippen LogP contribution in [0.3, 0.4) is 0 Å². The van der Waals surface area contributed by atoms with Gasteiger partial charge in [-0.2, -0.15) is 5.26 Å². The van der Waals surface area contributed by atoms with Crippen LogP contribution in [-0.2, 0) is 20.7 Å². The molecule has 8 heteroatoms. The van der Waals surface area contributed by atoms with Gasteiger partial charge < -0.3 is 10.5 Å². The summed E-state index contributed by atoms with van der Waals surface area (Å²) in [4.78, 5) is 51.7. The first-order valence-electron chi connectivity index (χ1n) is 9.39. The zero-order valence-corrected chi connectivity index (χ0v) is 16.5. The number of carbonyl (C=O) groups excluding carboxylic acids is 4. The van der Waals surface area contributed by atoms with Gasteiger partial charge in [0.1, 0.15) is 12.0 Å². The average molecular weight is 417 g/mol. The summed E-state index contributed by atoms with van der Waals surface area (Å²) in [5.74, 6) is -4.24. The fourth-order valence-electron chi connectivity index (χ4n) is 3.29. The smallest absolute Gasteiger partial charge is 0.330 e. The number of amides is 2. The number of nitrogens with zero attached hydrogens (tertiary/aromatic N) is 2. The van der Waals surface area contributed by atoms with E-state index in [1.54, 1.807) is 48.5 Å². The van der Waals surface area contributed by atoms with Gasteiger partial charge in [0.25, 0.3) is 11.8 Å². The maximum absolute atomic E-state index is 12.9. The molecule has 2 aromatic carbocycles. The predicted octanol–water partition coefficient (Wildman–Crippen LogP) is 1.62. The Bertz CT molecular complexity index is 1070. The van der Waals surface area contributed by atoms with E-state index in [9.17, 15) is 19.2 Å². The zero-order valence-electron chi connectivity index (χ0n) is 16.5. The molecule has 156 valence electrons. The Labute approximate surface area is 178 Å². The molecule has 0 fully saturated rings. The van der Waals surface area contributed by atoms with Crippen LogP contribution >= 0.6 is 0 Å². The molecule has 0 saturated carbocycles. The number of nitriles is 1. The van der Waals surface area contributed by atoms with Crippen molar-refractivity contribution in [1.82, 2.24) is 4.90 Å². The number of fused-ring (bicyclic) bond motifs is 1. The minimum Gasteiger partial charge on any atom is -0.456 e. The summed E-state index contributed by atoms with van der Waals surface area (Å²) in [6.45, 7) is 2.63. The highest BCUT2D eigenvalue weighted by Crippen LogP contribution is 2.26. The fraction of sp³-hybridized carbons (Fsp3) is 0.174. The van der Waals surface area contributed by atoms with E-state index in [-0.39, 0.29) is 23.2 Å². The van der Waals surface area contributed by atoms with Crippen LogP contribution in [0.1, 0.15) is 26.3 Å². The topological polar surface area (TPSA) is 131 Å². The van der Waals surface area contributed by atoms with Crippen LogP contribution in [0, 0.1) is 17.2 Å².